The summed E-state index contributed by atoms with van der Waals surface area (Å²) in [6.07, 6.45) is -0.822. The molecule has 3 N–H and O–H groups in total. The van der Waals surface area contributed by atoms with Crippen molar-refractivity contribution >= 4 is 23.9 Å². The van der Waals surface area contributed by atoms with Crippen molar-refractivity contribution in [3.8, 4) is 0 Å². The zero-order chi connectivity index (χ0) is 22.2. The molecule has 3 rings (SSSR count). The van der Waals surface area contributed by atoms with Gasteiger partial charge in [-0.25, -0.2) is 9.59 Å². The predicted molar refractivity (Wildman–Crippen MR) is 109 cm³/mol. The third-order valence-corrected chi connectivity index (χ3v) is 4.62. The maximum Gasteiger partial charge on any atom is 0.408 e. The van der Waals surface area contributed by atoms with E-state index in [-0.39, 0.29) is 13.2 Å². The van der Waals surface area contributed by atoms with Crippen LogP contribution >= 0.6 is 0 Å². The van der Waals surface area contributed by atoms with Crippen LogP contribution in [0.2, 0.25) is 0 Å². The minimum absolute atomic E-state index is 0.0299. The number of carbonyl (C=O) groups excluding carboxylic acids is 4. The van der Waals surface area contributed by atoms with Crippen molar-refractivity contribution in [3.63, 3.8) is 0 Å². The van der Waals surface area contributed by atoms with Crippen LogP contribution in [0.15, 0.2) is 60.7 Å². The van der Waals surface area contributed by atoms with E-state index in [0.29, 0.717) is 0 Å². The molecule has 1 aliphatic heterocycles. The Morgan fingerprint density at radius 3 is 2.03 bits per heavy atom. The molecular weight excluding hydrogens is 402 g/mol. The first-order valence-corrected chi connectivity index (χ1v) is 9.72. The van der Waals surface area contributed by atoms with Gasteiger partial charge < -0.3 is 25.4 Å². The number of nitrogens with one attached hydrogen (secondary N) is 3. The lowest BCUT2D eigenvalue weighted by Gasteiger charge is -2.35. The Bertz CT molecular complexity index is 935. The molecule has 0 saturated carbocycles. The number of amides is 3. The minimum atomic E-state index is -1.09. The molecule has 1 aliphatic rings. The van der Waals surface area contributed by atoms with Crippen molar-refractivity contribution in [2.24, 2.45) is 0 Å². The van der Waals surface area contributed by atoms with E-state index in [4.69, 9.17) is 9.47 Å². The summed E-state index contributed by atoms with van der Waals surface area (Å²) in [5.74, 6) is -1.75. The average molecular weight is 425 g/mol. The van der Waals surface area contributed by atoms with E-state index in [0.717, 1.165) is 11.1 Å². The summed E-state index contributed by atoms with van der Waals surface area (Å²) in [5.41, 5.74) is 1.60. The summed E-state index contributed by atoms with van der Waals surface area (Å²) in [4.78, 5) is 48.3. The van der Waals surface area contributed by atoms with Gasteiger partial charge in [-0.2, -0.15) is 0 Å². The fraction of sp³-hybridized carbons (Fsp3) is 0.273. The molecule has 1 saturated heterocycles. The maximum atomic E-state index is 12.4. The van der Waals surface area contributed by atoms with Gasteiger partial charge in [0.2, 0.25) is 11.8 Å². The summed E-state index contributed by atoms with van der Waals surface area (Å²) in [6.45, 7) is 1.59. The molecule has 0 aromatic heterocycles. The van der Waals surface area contributed by atoms with Gasteiger partial charge in [-0.3, -0.25) is 9.59 Å². The van der Waals surface area contributed by atoms with Gasteiger partial charge in [-0.15, -0.1) is 0 Å². The number of alkyl carbamates (subject to hydrolysis) is 1. The summed E-state index contributed by atoms with van der Waals surface area (Å²) < 4.78 is 10.2. The maximum absolute atomic E-state index is 12.4. The molecular formula is C22H23N3O6. The Balaban J connectivity index is 1.44. The van der Waals surface area contributed by atoms with Crippen LogP contribution in [0.1, 0.15) is 18.1 Å². The van der Waals surface area contributed by atoms with Crippen LogP contribution in [-0.2, 0) is 37.1 Å². The van der Waals surface area contributed by atoms with E-state index < -0.39 is 42.0 Å². The fourth-order valence-electron chi connectivity index (χ4n) is 2.85. The number of carbonyl (C=O) groups is 4. The van der Waals surface area contributed by atoms with Gasteiger partial charge in [0.05, 0.1) is 0 Å². The molecule has 1 heterocycles. The van der Waals surface area contributed by atoms with Crippen molar-refractivity contribution in [2.75, 3.05) is 0 Å². The smallest absolute Gasteiger partial charge is 0.408 e. The van der Waals surface area contributed by atoms with Crippen LogP contribution in [0, 0.1) is 0 Å². The minimum Gasteiger partial charge on any atom is -0.459 e. The van der Waals surface area contributed by atoms with E-state index in [1.54, 1.807) is 12.1 Å². The second-order valence-electron chi connectivity index (χ2n) is 6.99. The quantitative estimate of drug-likeness (QED) is 0.429. The van der Waals surface area contributed by atoms with Gasteiger partial charge in [0.15, 0.2) is 0 Å². The van der Waals surface area contributed by atoms with Gasteiger partial charge in [0.1, 0.15) is 31.3 Å². The highest BCUT2D eigenvalue weighted by Crippen LogP contribution is 2.09. The Hall–Kier alpha value is -3.88. The highest BCUT2D eigenvalue weighted by atomic mass is 16.5. The van der Waals surface area contributed by atoms with Crippen LogP contribution in [-0.4, -0.2) is 42.0 Å². The molecule has 3 amide bonds. The second-order valence-corrected chi connectivity index (χ2v) is 6.99. The van der Waals surface area contributed by atoms with Gasteiger partial charge in [-0.1, -0.05) is 60.7 Å². The van der Waals surface area contributed by atoms with Gasteiger partial charge in [0.25, 0.3) is 0 Å². The van der Waals surface area contributed by atoms with E-state index in [1.165, 1.54) is 6.92 Å². The highest BCUT2D eigenvalue weighted by Gasteiger charge is 2.46. The molecule has 9 nitrogen and oxygen atoms in total. The van der Waals surface area contributed by atoms with Crippen molar-refractivity contribution < 1.29 is 28.7 Å². The number of hydrogen-bond donors (Lipinski definition) is 3. The molecule has 31 heavy (non-hydrogen) atoms. The normalized spacial score (nSPS) is 18.0. The topological polar surface area (TPSA) is 123 Å². The van der Waals surface area contributed by atoms with Crippen LogP contribution < -0.4 is 16.0 Å². The van der Waals surface area contributed by atoms with Crippen molar-refractivity contribution in [3.05, 3.63) is 71.8 Å². The Kier molecular flexibility index (Phi) is 7.21. The largest absolute Gasteiger partial charge is 0.459 e. The lowest BCUT2D eigenvalue weighted by atomic mass is 9.98. The Morgan fingerprint density at radius 1 is 0.935 bits per heavy atom. The SMILES string of the molecule is CC(NC(=O)[C@@H]1NC(=O)[C@@H]1NC(=O)OCc1ccccc1)C(=O)OCc1ccccc1. The van der Waals surface area contributed by atoms with Crippen molar-refractivity contribution in [1.82, 2.24) is 16.0 Å². The number of β-lactam (4-membered cyclic amide) rings is 1. The lowest BCUT2D eigenvalue weighted by molar-refractivity contribution is -0.149. The van der Waals surface area contributed by atoms with Gasteiger partial charge in [0, 0.05) is 0 Å². The Morgan fingerprint density at radius 2 is 1.48 bits per heavy atom. The molecule has 1 fully saturated rings. The molecule has 0 radical (unpaired) electrons. The first kappa shape index (κ1) is 21.8. The van der Waals surface area contributed by atoms with E-state index in [2.05, 4.69) is 16.0 Å². The molecule has 2 aromatic carbocycles. The third-order valence-electron chi connectivity index (χ3n) is 4.62. The highest BCUT2D eigenvalue weighted by molar-refractivity contribution is 6.03. The zero-order valence-corrected chi connectivity index (χ0v) is 16.9. The van der Waals surface area contributed by atoms with E-state index in [9.17, 15) is 19.2 Å². The van der Waals surface area contributed by atoms with Gasteiger partial charge >= 0.3 is 12.1 Å². The van der Waals surface area contributed by atoms with Gasteiger partial charge in [-0.05, 0) is 18.1 Å². The molecule has 0 aliphatic carbocycles. The number of benzene rings is 2. The number of esters is 1. The van der Waals surface area contributed by atoms with Crippen LogP contribution in [0.5, 0.6) is 0 Å². The second kappa shape index (κ2) is 10.2. The number of hydrogen-bond acceptors (Lipinski definition) is 6. The van der Waals surface area contributed by atoms with Crippen molar-refractivity contribution in [1.29, 1.82) is 0 Å². The molecule has 2 aromatic rings. The Labute approximate surface area is 179 Å². The molecule has 1 unspecified atom stereocenters. The molecule has 162 valence electrons. The molecule has 0 spiro atoms. The predicted octanol–water partition coefficient (Wildman–Crippen LogP) is 1.03. The van der Waals surface area contributed by atoms with E-state index in [1.807, 2.05) is 48.5 Å². The third kappa shape index (κ3) is 6.05. The first-order valence-electron chi connectivity index (χ1n) is 9.72. The zero-order valence-electron chi connectivity index (χ0n) is 16.9. The van der Waals surface area contributed by atoms with Crippen molar-refractivity contribution in [2.45, 2.75) is 38.3 Å². The monoisotopic (exact) mass is 425 g/mol. The van der Waals surface area contributed by atoms with Crippen LogP contribution in [0.25, 0.3) is 0 Å². The summed E-state index contributed by atoms with van der Waals surface area (Å²) in [7, 11) is 0. The average Bonchev–Trinajstić information content (AvgIpc) is 2.79. The van der Waals surface area contributed by atoms with E-state index >= 15 is 0 Å². The fourth-order valence-corrected chi connectivity index (χ4v) is 2.85. The molecule has 0 bridgehead atoms. The summed E-state index contributed by atoms with van der Waals surface area (Å²) >= 11 is 0. The number of rotatable bonds is 8. The standard InChI is InChI=1S/C22H23N3O6/c1-14(21(28)30-12-15-8-4-2-5-9-15)23-19(26)17-18(20(27)24-17)25-22(29)31-13-16-10-6-3-7-11-16/h2-11,14,17-18H,12-13H2,1H3,(H,23,26)(H,24,27)(H,25,29)/t14?,17-,18-/m1/s1. The molecule has 9 heteroatoms. The summed E-state index contributed by atoms with van der Waals surface area (Å²) in [5, 5.41) is 7.25. The first-order chi connectivity index (χ1) is 14.9. The number of ether oxygens (including phenoxy) is 2. The molecule has 3 atom stereocenters. The van der Waals surface area contributed by atoms with Crippen LogP contribution in [0.3, 0.4) is 0 Å². The van der Waals surface area contributed by atoms with Crippen LogP contribution in [0.4, 0.5) is 4.79 Å². The lowest BCUT2D eigenvalue weighted by Crippen LogP contribution is -2.74. The summed E-state index contributed by atoms with van der Waals surface area (Å²) in [6, 6.07) is 15.1.